The van der Waals surface area contributed by atoms with Crippen LogP contribution >= 0.6 is 0 Å². The van der Waals surface area contributed by atoms with E-state index in [0.29, 0.717) is 29.5 Å². The van der Waals surface area contributed by atoms with Crippen molar-refractivity contribution in [2.24, 2.45) is 0 Å². The zero-order valence-electron chi connectivity index (χ0n) is 15.1. The molecule has 0 bridgehead atoms. The molecule has 0 heterocycles. The van der Waals surface area contributed by atoms with Gasteiger partial charge in [-0.2, -0.15) is 0 Å². The van der Waals surface area contributed by atoms with E-state index in [1.165, 1.54) is 0 Å². The Bertz CT molecular complexity index is 780. The average Bonchev–Trinajstić information content (AvgIpc) is 3.44. The maximum atomic E-state index is 12.4. The Kier molecular flexibility index (Phi) is 5.68. The smallest absolute Gasteiger partial charge is 0.255 e. The molecule has 1 saturated carbocycles. The Morgan fingerprint density at radius 1 is 1.04 bits per heavy atom. The minimum atomic E-state index is -0.207. The number of hydrogen-bond donors (Lipinski definition) is 2. The van der Waals surface area contributed by atoms with Crippen LogP contribution in [-0.2, 0) is 11.3 Å². The highest BCUT2D eigenvalue weighted by Gasteiger charge is 2.23. The highest BCUT2D eigenvalue weighted by molar-refractivity contribution is 6.05. The molecule has 2 N–H and O–H groups in total. The van der Waals surface area contributed by atoms with Crippen molar-refractivity contribution in [2.45, 2.75) is 45.4 Å². The van der Waals surface area contributed by atoms with E-state index >= 15 is 0 Å². The Balaban J connectivity index is 1.61. The summed E-state index contributed by atoms with van der Waals surface area (Å²) in [6, 6.07) is 14.6. The summed E-state index contributed by atoms with van der Waals surface area (Å²) in [6.45, 7) is 4.50. The van der Waals surface area contributed by atoms with Crippen LogP contribution in [0.2, 0.25) is 0 Å². The van der Waals surface area contributed by atoms with Crippen LogP contribution in [0.1, 0.15) is 53.0 Å². The number of nitrogens with one attached hydrogen (secondary N) is 2. The van der Waals surface area contributed by atoms with E-state index in [9.17, 15) is 9.59 Å². The van der Waals surface area contributed by atoms with E-state index in [0.717, 1.165) is 18.4 Å². The Morgan fingerprint density at radius 2 is 1.77 bits per heavy atom. The van der Waals surface area contributed by atoms with E-state index in [4.69, 9.17) is 4.74 Å². The summed E-state index contributed by atoms with van der Waals surface area (Å²) < 4.78 is 5.55. The minimum Gasteiger partial charge on any atom is -0.374 e. The molecule has 1 aliphatic carbocycles. The lowest BCUT2D eigenvalue weighted by Gasteiger charge is -2.10. The Morgan fingerprint density at radius 3 is 2.42 bits per heavy atom. The van der Waals surface area contributed by atoms with Gasteiger partial charge >= 0.3 is 0 Å². The highest BCUT2D eigenvalue weighted by Crippen LogP contribution is 2.20. The van der Waals surface area contributed by atoms with Gasteiger partial charge in [0.05, 0.1) is 12.7 Å². The van der Waals surface area contributed by atoms with E-state index < -0.39 is 0 Å². The number of benzene rings is 2. The van der Waals surface area contributed by atoms with Crippen molar-refractivity contribution in [2.75, 3.05) is 5.32 Å². The van der Waals surface area contributed by atoms with Crippen LogP contribution in [0, 0.1) is 0 Å². The molecule has 0 saturated heterocycles. The quantitative estimate of drug-likeness (QED) is 0.797. The van der Waals surface area contributed by atoms with Crippen LogP contribution in [0.3, 0.4) is 0 Å². The van der Waals surface area contributed by atoms with Crippen LogP contribution in [0.25, 0.3) is 0 Å². The Labute approximate surface area is 153 Å². The van der Waals surface area contributed by atoms with Crippen molar-refractivity contribution in [1.29, 1.82) is 0 Å². The van der Waals surface area contributed by atoms with Gasteiger partial charge in [0.25, 0.3) is 11.8 Å². The third kappa shape index (κ3) is 5.17. The molecule has 0 unspecified atom stereocenters. The number of anilines is 1. The lowest BCUT2D eigenvalue weighted by Crippen LogP contribution is -2.25. The molecule has 136 valence electrons. The van der Waals surface area contributed by atoms with E-state index in [1.54, 1.807) is 36.4 Å². The molecule has 1 aliphatic rings. The molecule has 2 amide bonds. The lowest BCUT2D eigenvalue weighted by atomic mass is 10.1. The molecule has 5 heteroatoms. The van der Waals surface area contributed by atoms with Crippen LogP contribution < -0.4 is 10.6 Å². The molecule has 0 aromatic heterocycles. The van der Waals surface area contributed by atoms with Crippen molar-refractivity contribution in [1.82, 2.24) is 5.32 Å². The van der Waals surface area contributed by atoms with Crippen molar-refractivity contribution in [3.05, 3.63) is 65.2 Å². The molecule has 2 aromatic rings. The fraction of sp³-hybridized carbons (Fsp3) is 0.333. The zero-order chi connectivity index (χ0) is 18.5. The molecular formula is C21H24N2O3. The van der Waals surface area contributed by atoms with Gasteiger partial charge in [-0.3, -0.25) is 9.59 Å². The zero-order valence-corrected chi connectivity index (χ0v) is 15.1. The van der Waals surface area contributed by atoms with Crippen molar-refractivity contribution >= 4 is 17.5 Å². The fourth-order valence-corrected chi connectivity index (χ4v) is 2.45. The minimum absolute atomic E-state index is 0.0990. The number of rotatable bonds is 7. The normalized spacial score (nSPS) is 13.5. The molecule has 5 nitrogen and oxygen atoms in total. The summed E-state index contributed by atoms with van der Waals surface area (Å²) in [6.07, 6.45) is 2.25. The number of amides is 2. The maximum absolute atomic E-state index is 12.4. The van der Waals surface area contributed by atoms with Crippen LogP contribution in [-0.4, -0.2) is 24.0 Å². The van der Waals surface area contributed by atoms with Gasteiger partial charge in [-0.15, -0.1) is 0 Å². The van der Waals surface area contributed by atoms with Gasteiger partial charge in [0.15, 0.2) is 0 Å². The molecule has 0 radical (unpaired) electrons. The second-order valence-corrected chi connectivity index (χ2v) is 6.84. The van der Waals surface area contributed by atoms with E-state index in [2.05, 4.69) is 10.6 Å². The first-order valence-electron chi connectivity index (χ1n) is 8.94. The summed E-state index contributed by atoms with van der Waals surface area (Å²) in [5.74, 6) is -0.306. The van der Waals surface area contributed by atoms with Crippen LogP contribution in [0.15, 0.2) is 48.5 Å². The summed E-state index contributed by atoms with van der Waals surface area (Å²) >= 11 is 0. The maximum Gasteiger partial charge on any atom is 0.255 e. The topological polar surface area (TPSA) is 67.4 Å². The predicted molar refractivity (Wildman–Crippen MR) is 101 cm³/mol. The number of hydrogen-bond acceptors (Lipinski definition) is 3. The first-order chi connectivity index (χ1) is 12.5. The van der Waals surface area contributed by atoms with Gasteiger partial charge in [-0.05, 0) is 62.6 Å². The van der Waals surface area contributed by atoms with Gasteiger partial charge in [0, 0.05) is 22.9 Å². The fourth-order valence-electron chi connectivity index (χ4n) is 2.45. The molecule has 26 heavy (non-hydrogen) atoms. The lowest BCUT2D eigenvalue weighted by molar-refractivity contribution is 0.0657. The number of carbonyl (C=O) groups excluding carboxylic acids is 2. The highest BCUT2D eigenvalue weighted by atomic mass is 16.5. The molecule has 0 aliphatic heterocycles. The molecular weight excluding hydrogens is 328 g/mol. The average molecular weight is 352 g/mol. The Hall–Kier alpha value is -2.66. The van der Waals surface area contributed by atoms with Gasteiger partial charge in [0.1, 0.15) is 0 Å². The summed E-state index contributed by atoms with van der Waals surface area (Å²) in [5, 5.41) is 5.79. The molecule has 0 atom stereocenters. The van der Waals surface area contributed by atoms with E-state index in [1.807, 2.05) is 26.0 Å². The van der Waals surface area contributed by atoms with Crippen molar-refractivity contribution in [3.63, 3.8) is 0 Å². The third-order valence-electron chi connectivity index (χ3n) is 4.09. The monoisotopic (exact) mass is 352 g/mol. The standard InChI is InChI=1S/C21H24N2O3/c1-14(2)26-13-15-6-8-16(9-7-15)20(24)23-19-5-3-4-17(12-19)21(25)22-18-10-11-18/h3-9,12,14,18H,10-11,13H2,1-2H3,(H,22,25)(H,23,24). The number of ether oxygens (including phenoxy) is 1. The van der Waals surface area contributed by atoms with E-state index in [-0.39, 0.29) is 17.9 Å². The van der Waals surface area contributed by atoms with Gasteiger partial charge < -0.3 is 15.4 Å². The molecule has 0 spiro atoms. The molecule has 2 aromatic carbocycles. The second kappa shape index (κ2) is 8.15. The predicted octanol–water partition coefficient (Wildman–Crippen LogP) is 3.76. The molecule has 1 fully saturated rings. The van der Waals surface area contributed by atoms with Gasteiger partial charge in [0.2, 0.25) is 0 Å². The van der Waals surface area contributed by atoms with Crippen molar-refractivity contribution in [3.8, 4) is 0 Å². The first-order valence-corrected chi connectivity index (χ1v) is 8.94. The van der Waals surface area contributed by atoms with Crippen molar-refractivity contribution < 1.29 is 14.3 Å². The molecule has 3 rings (SSSR count). The largest absolute Gasteiger partial charge is 0.374 e. The SMILES string of the molecule is CC(C)OCc1ccc(C(=O)Nc2cccc(C(=O)NC3CC3)c2)cc1. The van der Waals surface area contributed by atoms with Gasteiger partial charge in [-0.1, -0.05) is 18.2 Å². The van der Waals surface area contributed by atoms with Crippen LogP contribution in [0.4, 0.5) is 5.69 Å². The summed E-state index contributed by atoms with van der Waals surface area (Å²) in [4.78, 5) is 24.5. The van der Waals surface area contributed by atoms with Gasteiger partial charge in [-0.25, -0.2) is 0 Å². The summed E-state index contributed by atoms with van der Waals surface area (Å²) in [7, 11) is 0. The second-order valence-electron chi connectivity index (χ2n) is 6.84. The first kappa shape index (κ1) is 18.1. The third-order valence-corrected chi connectivity index (χ3v) is 4.09. The summed E-state index contributed by atoms with van der Waals surface area (Å²) in [5.41, 5.74) is 2.74. The van der Waals surface area contributed by atoms with Crippen LogP contribution in [0.5, 0.6) is 0 Å². The number of carbonyl (C=O) groups is 2.